The predicted molar refractivity (Wildman–Crippen MR) is 396 cm³/mol. The largest absolute Gasteiger partial charge is 0.463 e. The molecule has 0 aromatic heterocycles. The minimum atomic E-state index is -1.83. The van der Waals surface area contributed by atoms with Gasteiger partial charge in [0.1, 0.15) is 112 Å². The molecule has 0 amide bonds. The van der Waals surface area contributed by atoms with Crippen LogP contribution in [-0.4, -0.2) is 360 Å². The molecule has 6 heterocycles. The molecule has 0 aromatic rings. The number of aliphatic hydroxyl groups is 8. The number of aliphatic hydroxyl groups excluding tert-OH is 8. The fourth-order valence-electron chi connectivity index (χ4n) is 12.5. The highest BCUT2D eigenvalue weighted by Crippen LogP contribution is 2.40. The number of hydrogen-bond acceptors (Lipinski definition) is 49. The Morgan fingerprint density at radius 2 is 0.480 bits per heavy atom. The number of hydrogen-bond donors (Lipinski definition) is 8. The molecular formula is C76H114O49. The quantitative estimate of drug-likeness (QED) is 0.0219. The van der Waals surface area contributed by atoms with E-state index in [0.29, 0.717) is 0 Å². The molecular weight excluding hydrogens is 1700 g/mol. The molecule has 0 aliphatic carbocycles. The highest BCUT2D eigenvalue weighted by atomic mass is 16.8. The molecule has 0 saturated carbocycles. The molecule has 49 heteroatoms. The molecule has 0 unspecified atom stereocenters. The van der Waals surface area contributed by atoms with Gasteiger partial charge in [-0.2, -0.15) is 0 Å². The summed E-state index contributed by atoms with van der Waals surface area (Å²) in [7, 11) is 0. The van der Waals surface area contributed by atoms with E-state index in [1.807, 2.05) is 0 Å². The first-order chi connectivity index (χ1) is 58.9. The summed E-state index contributed by atoms with van der Waals surface area (Å²) < 4.78 is 139. The SMILES string of the molecule is CC(=O)OC[C@H]1O[C@@H](O[C@H]2[C@H](OC(C)=O)[C@@H](OC(C)=O)[C@H](OC(C)=O)O[C@@H]2COC(C)=O)[C@H](OC(C)=O)[C@@H](OC(C)=O)[C@@H]1OC(C)=O.CCC(=O)OC[C@H]1O[C@@H](O[C@H]2[C@H](OC(=O)CC)[C@@H](OC(=O)CC)[C@H](OC(=O)CC)O[C@@H]2COC(=O)CC)[C@H](OC(=O)CC)[C@@H](OC(=O)CC)[C@@H]1OC(=O)CC.OC[C@H]1O[C@@H](O[C@H]2[C@H](O)[C@@H](O)[C@H](O)O[C@@H]2CO)[C@H](O)[C@@H](O)[C@@H]1O. The fraction of sp³-hybridized carbons (Fsp3) is 0.789. The average Bonchev–Trinajstić information content (AvgIpc) is 0.752. The number of carbonyl (C=O) groups is 16. The van der Waals surface area contributed by atoms with Crippen molar-refractivity contribution in [3.63, 3.8) is 0 Å². The van der Waals surface area contributed by atoms with E-state index in [1.165, 1.54) is 55.4 Å². The Hall–Kier alpha value is -9.16. The summed E-state index contributed by atoms with van der Waals surface area (Å²) in [6.45, 7) is 16.6. The van der Waals surface area contributed by atoms with Crippen molar-refractivity contribution in [2.24, 2.45) is 0 Å². The second kappa shape index (κ2) is 52.8. The first kappa shape index (κ1) is 108. The van der Waals surface area contributed by atoms with Gasteiger partial charge in [-0.1, -0.05) is 55.4 Å². The van der Waals surface area contributed by atoms with E-state index in [2.05, 4.69) is 0 Å². The number of esters is 16. The van der Waals surface area contributed by atoms with Gasteiger partial charge in [-0.05, 0) is 0 Å². The van der Waals surface area contributed by atoms with Gasteiger partial charge in [0.15, 0.2) is 74.0 Å². The highest BCUT2D eigenvalue weighted by Gasteiger charge is 2.62. The third kappa shape index (κ3) is 32.9. The lowest BCUT2D eigenvalue weighted by Gasteiger charge is -2.48. The van der Waals surface area contributed by atoms with Gasteiger partial charge in [-0.15, -0.1) is 0 Å². The van der Waals surface area contributed by atoms with E-state index >= 15 is 0 Å². The van der Waals surface area contributed by atoms with Crippen molar-refractivity contribution in [3.8, 4) is 0 Å². The van der Waals surface area contributed by atoms with E-state index in [-0.39, 0.29) is 51.4 Å². The first-order valence-electron chi connectivity index (χ1n) is 39.9. The van der Waals surface area contributed by atoms with Crippen molar-refractivity contribution < 1.29 is 236 Å². The topological polar surface area (TPSA) is 666 Å². The average molecular weight is 1810 g/mol. The van der Waals surface area contributed by atoms with Gasteiger partial charge in [-0.3, -0.25) is 76.7 Å². The van der Waals surface area contributed by atoms with Crippen LogP contribution in [0.15, 0.2) is 0 Å². The van der Waals surface area contributed by atoms with Gasteiger partial charge in [0.05, 0.1) is 13.2 Å². The lowest BCUT2D eigenvalue weighted by atomic mass is 9.95. The van der Waals surface area contributed by atoms with Crippen LogP contribution in [0, 0.1) is 0 Å². The Bertz CT molecular complexity index is 3570. The Balaban J connectivity index is 0.000000423. The molecule has 125 heavy (non-hydrogen) atoms. The molecule has 0 bridgehead atoms. The lowest BCUT2D eigenvalue weighted by Crippen LogP contribution is -2.67. The maximum Gasteiger partial charge on any atom is 0.307 e. The van der Waals surface area contributed by atoms with Crippen molar-refractivity contribution >= 4 is 95.5 Å². The molecule has 0 radical (unpaired) electrons. The maximum atomic E-state index is 13.0. The zero-order valence-corrected chi connectivity index (χ0v) is 71.5. The smallest absolute Gasteiger partial charge is 0.307 e. The molecule has 0 spiro atoms. The Kier molecular flexibility index (Phi) is 45.7. The fourth-order valence-corrected chi connectivity index (χ4v) is 12.5. The zero-order valence-electron chi connectivity index (χ0n) is 71.5. The molecule has 8 N–H and O–H groups in total. The van der Waals surface area contributed by atoms with Gasteiger partial charge in [0.25, 0.3) is 0 Å². The maximum absolute atomic E-state index is 13.0. The molecule has 6 aliphatic rings. The minimum Gasteiger partial charge on any atom is -0.463 e. The van der Waals surface area contributed by atoms with Gasteiger partial charge >= 0.3 is 95.5 Å². The van der Waals surface area contributed by atoms with Crippen LogP contribution >= 0.6 is 0 Å². The van der Waals surface area contributed by atoms with Crippen molar-refractivity contribution in [1.29, 1.82) is 0 Å². The first-order valence-corrected chi connectivity index (χ1v) is 39.9. The van der Waals surface area contributed by atoms with E-state index in [1.54, 1.807) is 0 Å². The third-order valence-corrected chi connectivity index (χ3v) is 18.3. The van der Waals surface area contributed by atoms with Crippen LogP contribution in [0.2, 0.25) is 0 Å². The van der Waals surface area contributed by atoms with Crippen LogP contribution in [0.4, 0.5) is 0 Å². The summed E-state index contributed by atoms with van der Waals surface area (Å²) in [4.78, 5) is 198. The molecule has 712 valence electrons. The zero-order chi connectivity index (χ0) is 94.1. The summed E-state index contributed by atoms with van der Waals surface area (Å²) in [6, 6.07) is 0. The molecule has 30 atom stereocenters. The van der Waals surface area contributed by atoms with E-state index in [9.17, 15) is 112 Å². The van der Waals surface area contributed by atoms with E-state index in [0.717, 1.165) is 55.4 Å². The molecule has 49 nitrogen and oxygen atoms in total. The summed E-state index contributed by atoms with van der Waals surface area (Å²) in [6.07, 6.45) is -49.2. The van der Waals surface area contributed by atoms with Gasteiger partial charge in [0.2, 0.25) is 24.8 Å². The van der Waals surface area contributed by atoms with Crippen LogP contribution in [0.5, 0.6) is 0 Å². The predicted octanol–water partition coefficient (Wildman–Crippen LogP) is -3.94. The van der Waals surface area contributed by atoms with Crippen molar-refractivity contribution in [2.45, 2.75) is 346 Å². The monoisotopic (exact) mass is 1810 g/mol. The van der Waals surface area contributed by atoms with Crippen LogP contribution in [-0.2, 0) is 195 Å². The van der Waals surface area contributed by atoms with Crippen LogP contribution < -0.4 is 0 Å². The van der Waals surface area contributed by atoms with Crippen LogP contribution in [0.25, 0.3) is 0 Å². The van der Waals surface area contributed by atoms with Crippen molar-refractivity contribution in [2.75, 3.05) is 39.6 Å². The van der Waals surface area contributed by atoms with Gasteiger partial charge in [-0.25, -0.2) is 0 Å². The van der Waals surface area contributed by atoms with Crippen LogP contribution in [0.1, 0.15) is 162 Å². The molecule has 6 aliphatic heterocycles. The van der Waals surface area contributed by atoms with Crippen LogP contribution in [0.3, 0.4) is 0 Å². The van der Waals surface area contributed by atoms with E-state index < -0.39 is 319 Å². The minimum absolute atomic E-state index is 0.0409. The van der Waals surface area contributed by atoms with Crippen molar-refractivity contribution in [1.82, 2.24) is 0 Å². The summed E-state index contributed by atoms with van der Waals surface area (Å²) in [5.74, 6) is -13.2. The number of rotatable bonds is 36. The summed E-state index contributed by atoms with van der Waals surface area (Å²) in [5.41, 5.74) is 0. The number of carbonyl (C=O) groups excluding carboxylic acids is 16. The molecule has 6 saturated heterocycles. The van der Waals surface area contributed by atoms with Gasteiger partial charge in [0, 0.05) is 107 Å². The Morgan fingerprint density at radius 3 is 0.856 bits per heavy atom. The Labute approximate surface area is 715 Å². The summed E-state index contributed by atoms with van der Waals surface area (Å²) >= 11 is 0. The third-order valence-electron chi connectivity index (χ3n) is 18.3. The van der Waals surface area contributed by atoms with E-state index in [4.69, 9.17) is 124 Å². The highest BCUT2D eigenvalue weighted by molar-refractivity contribution is 5.74. The summed E-state index contributed by atoms with van der Waals surface area (Å²) in [5, 5.41) is 76.5. The van der Waals surface area contributed by atoms with Gasteiger partial charge < -0.3 is 159 Å². The standard InChI is InChI=1S/C36H54O19.C28H38O19.C12H22O11/c1-9-21(37)45-17-19-29(49-23(39)11-3)31(50-24(40)12-4)34(53-27(43)15-7)36(48-19)55-30-20(18-46-22(38)10-2)47-35(54-28(44)16-8)33(52-26(42)14-6)32(30)51-25(41)13-5;1-11(29)37-9-19-21(39-13(3)31)23(40-14(4)32)26(43-17(7)35)28(46-19)47-22-20(10-38-12(2)30)45-27(44-18(8)36)25(42-16(6)34)24(22)41-15(5)33;13-1-3-5(15)6(16)9(19)12(22-3)23-10-4(2-14)21-11(20)8(18)7(10)17/h19-20,29-36H,9-18H2,1-8H3;19-28H,9-10H2,1-8H3;3-20H,1-2H2/t19-,20-,29-,30-,31+,32+,33-,34-,35+,36+;19-,20-,21-,22-,23+,24+,25-,26-,27-,28+;3-,4-,5-,6+,7-,8-,9-,10-,11-,12+/m111/s1. The van der Waals surface area contributed by atoms with Crippen molar-refractivity contribution in [3.05, 3.63) is 0 Å². The Morgan fingerprint density at radius 1 is 0.216 bits per heavy atom. The normalized spacial score (nSPS) is 32.9. The molecule has 0 aromatic carbocycles. The lowest BCUT2D eigenvalue weighted by molar-refractivity contribution is -0.358. The second-order valence-corrected chi connectivity index (χ2v) is 27.9. The molecule has 6 rings (SSSR count). The number of ether oxygens (including phenoxy) is 25. The molecule has 6 fully saturated rings. The second-order valence-electron chi connectivity index (χ2n) is 27.9.